The molecule has 1 atom stereocenters. The summed E-state index contributed by atoms with van der Waals surface area (Å²) in [6, 6.07) is 20.7. The minimum absolute atomic E-state index is 0.0584. The van der Waals surface area contributed by atoms with E-state index in [1.54, 1.807) is 12.1 Å². The summed E-state index contributed by atoms with van der Waals surface area (Å²) in [6.45, 7) is 5.53. The number of non-ortho nitro benzene ring substituents is 1. The zero-order valence-electron chi connectivity index (χ0n) is 17.5. The number of hydrogen-bond donors (Lipinski definition) is 1. The summed E-state index contributed by atoms with van der Waals surface area (Å²) in [5, 5.41) is 14.3. The fourth-order valence-corrected chi connectivity index (χ4v) is 3.55. The molecule has 0 spiro atoms. The van der Waals surface area contributed by atoms with Crippen LogP contribution in [-0.4, -0.2) is 11.5 Å². The molecule has 1 unspecified atom stereocenters. The molecule has 1 N–H and O–H groups in total. The third-order valence-corrected chi connectivity index (χ3v) is 5.59. The largest absolute Gasteiger partial charge is 0.490 e. The van der Waals surface area contributed by atoms with Crippen molar-refractivity contribution in [2.24, 2.45) is 0 Å². The first kappa shape index (κ1) is 22.8. The lowest BCUT2D eigenvalue weighted by Gasteiger charge is -2.18. The van der Waals surface area contributed by atoms with Gasteiger partial charge in [0.25, 0.3) is 5.69 Å². The van der Waals surface area contributed by atoms with Crippen molar-refractivity contribution in [2.75, 3.05) is 6.61 Å². The van der Waals surface area contributed by atoms with E-state index in [9.17, 15) is 10.1 Å². The van der Waals surface area contributed by atoms with E-state index in [1.165, 1.54) is 17.7 Å². The maximum absolute atomic E-state index is 10.8. The van der Waals surface area contributed by atoms with E-state index in [2.05, 4.69) is 40.3 Å². The molecule has 0 aliphatic rings. The second-order valence-corrected chi connectivity index (χ2v) is 7.90. The van der Waals surface area contributed by atoms with Crippen molar-refractivity contribution in [3.63, 3.8) is 0 Å². The molecule has 31 heavy (non-hydrogen) atoms. The van der Waals surface area contributed by atoms with Crippen molar-refractivity contribution >= 4 is 21.6 Å². The number of hydrogen-bond acceptors (Lipinski definition) is 5. The average Bonchev–Trinajstić information content (AvgIpc) is 2.78. The van der Waals surface area contributed by atoms with Crippen molar-refractivity contribution in [1.29, 1.82) is 0 Å². The van der Waals surface area contributed by atoms with Gasteiger partial charge < -0.3 is 14.8 Å². The van der Waals surface area contributed by atoms with Crippen LogP contribution in [0.15, 0.2) is 71.2 Å². The lowest BCUT2D eigenvalue weighted by atomic mass is 10.1. The summed E-state index contributed by atoms with van der Waals surface area (Å²) < 4.78 is 12.7. The van der Waals surface area contributed by atoms with E-state index in [0.717, 1.165) is 15.6 Å². The quantitative estimate of drug-likeness (QED) is 0.274. The van der Waals surface area contributed by atoms with Crippen molar-refractivity contribution < 1.29 is 14.4 Å². The van der Waals surface area contributed by atoms with Gasteiger partial charge in [0.2, 0.25) is 0 Å². The Kier molecular flexibility index (Phi) is 8.03. The lowest BCUT2D eigenvalue weighted by Crippen LogP contribution is -2.18. The number of ether oxygens (including phenoxy) is 2. The van der Waals surface area contributed by atoms with Gasteiger partial charge in [-0.05, 0) is 54.8 Å². The molecule has 0 aromatic heterocycles. The highest BCUT2D eigenvalue weighted by Crippen LogP contribution is 2.35. The van der Waals surface area contributed by atoms with Gasteiger partial charge in [-0.15, -0.1) is 0 Å². The molecule has 162 valence electrons. The summed E-state index contributed by atoms with van der Waals surface area (Å²) in [7, 11) is 0. The number of rotatable bonds is 10. The van der Waals surface area contributed by atoms with E-state index in [4.69, 9.17) is 9.47 Å². The van der Waals surface area contributed by atoms with Crippen LogP contribution >= 0.6 is 15.9 Å². The van der Waals surface area contributed by atoms with Crippen LogP contribution in [0.3, 0.4) is 0 Å². The first-order chi connectivity index (χ1) is 15.0. The molecule has 0 amide bonds. The molecule has 3 rings (SSSR count). The SMILES string of the molecule is CCOc1cc(CNC(C)c2ccccc2)c(Br)cc1OCc1ccc([N+](=O)[O-])cc1. The molecule has 6 nitrogen and oxygen atoms in total. The fraction of sp³-hybridized carbons (Fsp3) is 0.250. The maximum atomic E-state index is 10.8. The van der Waals surface area contributed by atoms with E-state index in [1.807, 2.05) is 37.3 Å². The monoisotopic (exact) mass is 484 g/mol. The van der Waals surface area contributed by atoms with Gasteiger partial charge in [-0.3, -0.25) is 10.1 Å². The van der Waals surface area contributed by atoms with E-state index >= 15 is 0 Å². The van der Waals surface area contributed by atoms with Gasteiger partial charge in [-0.1, -0.05) is 46.3 Å². The van der Waals surface area contributed by atoms with Gasteiger partial charge in [0.1, 0.15) is 6.61 Å². The predicted octanol–water partition coefficient (Wildman–Crippen LogP) is 6.19. The van der Waals surface area contributed by atoms with Crippen LogP contribution in [0.25, 0.3) is 0 Å². The molecule has 0 radical (unpaired) electrons. The van der Waals surface area contributed by atoms with Crippen LogP contribution in [0.5, 0.6) is 11.5 Å². The highest BCUT2D eigenvalue weighted by molar-refractivity contribution is 9.10. The number of benzene rings is 3. The summed E-state index contributed by atoms with van der Waals surface area (Å²) in [4.78, 5) is 10.4. The Morgan fingerprint density at radius 3 is 2.35 bits per heavy atom. The number of halogens is 1. The zero-order chi connectivity index (χ0) is 22.2. The van der Waals surface area contributed by atoms with Gasteiger partial charge >= 0.3 is 0 Å². The topological polar surface area (TPSA) is 73.6 Å². The first-order valence-corrected chi connectivity index (χ1v) is 10.9. The fourth-order valence-electron chi connectivity index (χ4n) is 3.09. The first-order valence-electron chi connectivity index (χ1n) is 10.1. The van der Waals surface area contributed by atoms with E-state index in [-0.39, 0.29) is 18.3 Å². The molecule has 0 bridgehead atoms. The van der Waals surface area contributed by atoms with Crippen molar-refractivity contribution in [3.05, 3.63) is 98.0 Å². The molecule has 0 heterocycles. The van der Waals surface area contributed by atoms with Gasteiger partial charge in [-0.25, -0.2) is 0 Å². The Morgan fingerprint density at radius 2 is 1.71 bits per heavy atom. The van der Waals surface area contributed by atoms with Crippen molar-refractivity contribution in [3.8, 4) is 11.5 Å². The van der Waals surface area contributed by atoms with Gasteiger partial charge in [0.15, 0.2) is 11.5 Å². The minimum atomic E-state index is -0.416. The predicted molar refractivity (Wildman–Crippen MR) is 124 cm³/mol. The molecule has 0 aliphatic heterocycles. The summed E-state index contributed by atoms with van der Waals surface area (Å²) in [5.74, 6) is 1.28. The molecular weight excluding hydrogens is 460 g/mol. The van der Waals surface area contributed by atoms with E-state index < -0.39 is 4.92 Å². The standard InChI is InChI=1S/C24H25BrN2O4/c1-3-30-23-13-20(15-26-17(2)19-7-5-4-6-8-19)22(25)14-24(23)31-16-18-9-11-21(12-10-18)27(28)29/h4-14,17,26H,3,15-16H2,1-2H3. The molecular formula is C24H25BrN2O4. The van der Waals surface area contributed by atoms with Gasteiger partial charge in [0.05, 0.1) is 11.5 Å². The summed E-state index contributed by atoms with van der Waals surface area (Å²) >= 11 is 3.64. The third-order valence-electron chi connectivity index (χ3n) is 4.85. The maximum Gasteiger partial charge on any atom is 0.269 e. The van der Waals surface area contributed by atoms with Crippen molar-refractivity contribution in [2.45, 2.75) is 33.0 Å². The van der Waals surface area contributed by atoms with Crippen LogP contribution < -0.4 is 14.8 Å². The Hall–Kier alpha value is -2.90. The van der Waals surface area contributed by atoms with Crippen LogP contribution in [0.1, 0.15) is 36.6 Å². The van der Waals surface area contributed by atoms with Crippen molar-refractivity contribution in [1.82, 2.24) is 5.32 Å². The number of nitrogens with zero attached hydrogens (tertiary/aromatic N) is 1. The normalized spacial score (nSPS) is 11.7. The second kappa shape index (κ2) is 10.9. The number of nitro benzene ring substituents is 1. The van der Waals surface area contributed by atoms with Crippen LogP contribution in [0.2, 0.25) is 0 Å². The molecule has 3 aromatic carbocycles. The van der Waals surface area contributed by atoms with Gasteiger partial charge in [0, 0.05) is 29.2 Å². The Labute approximate surface area is 190 Å². The molecule has 3 aromatic rings. The summed E-state index contributed by atoms with van der Waals surface area (Å²) in [5.41, 5.74) is 3.19. The van der Waals surface area contributed by atoms with Gasteiger partial charge in [-0.2, -0.15) is 0 Å². The molecule has 0 aliphatic carbocycles. The third kappa shape index (κ3) is 6.29. The molecule has 0 saturated heterocycles. The summed E-state index contributed by atoms with van der Waals surface area (Å²) in [6.07, 6.45) is 0. The van der Waals surface area contributed by atoms with E-state index in [0.29, 0.717) is 24.7 Å². The lowest BCUT2D eigenvalue weighted by molar-refractivity contribution is -0.384. The Morgan fingerprint density at radius 1 is 1.03 bits per heavy atom. The highest BCUT2D eigenvalue weighted by atomic mass is 79.9. The Balaban J connectivity index is 1.69. The number of nitrogens with one attached hydrogen (secondary N) is 1. The molecule has 0 saturated carbocycles. The molecule has 0 fully saturated rings. The zero-order valence-corrected chi connectivity index (χ0v) is 19.1. The smallest absolute Gasteiger partial charge is 0.269 e. The molecule has 7 heteroatoms. The second-order valence-electron chi connectivity index (χ2n) is 7.05. The van der Waals surface area contributed by atoms with Crippen LogP contribution in [0, 0.1) is 10.1 Å². The Bertz CT molecular complexity index is 1010. The van der Waals surface area contributed by atoms with Crippen LogP contribution in [0.4, 0.5) is 5.69 Å². The minimum Gasteiger partial charge on any atom is -0.490 e. The average molecular weight is 485 g/mol. The van der Waals surface area contributed by atoms with Crippen LogP contribution in [-0.2, 0) is 13.2 Å². The highest BCUT2D eigenvalue weighted by Gasteiger charge is 2.13. The number of nitro groups is 1.